The highest BCUT2D eigenvalue weighted by Gasteiger charge is 2.43. The van der Waals surface area contributed by atoms with Crippen molar-refractivity contribution in [1.29, 1.82) is 0 Å². The smallest absolute Gasteiger partial charge is 0.327 e. The molecule has 0 aromatic heterocycles. The molecular weight excluding hydrogens is 172 g/mol. The van der Waals surface area contributed by atoms with Crippen molar-refractivity contribution < 1.29 is 14.7 Å². The second-order valence-electron chi connectivity index (χ2n) is 3.41. The van der Waals surface area contributed by atoms with E-state index in [-0.39, 0.29) is 37.7 Å². The number of aliphatic hydroxyl groups is 1. The number of carbonyl (C=O) groups is 2. The zero-order valence-corrected chi connectivity index (χ0v) is 7.27. The average molecular weight is 184 g/mol. The topological polar surface area (TPSA) is 60.9 Å². The molecule has 0 radical (unpaired) electrons. The van der Waals surface area contributed by atoms with Crippen LogP contribution in [0.5, 0.6) is 0 Å². The van der Waals surface area contributed by atoms with Gasteiger partial charge in [-0.25, -0.2) is 4.79 Å². The Hall–Kier alpha value is -1.10. The Bertz CT molecular complexity index is 250. The van der Waals surface area contributed by atoms with Crippen molar-refractivity contribution in [3.63, 3.8) is 0 Å². The summed E-state index contributed by atoms with van der Waals surface area (Å²) in [7, 11) is 0. The first kappa shape index (κ1) is 8.50. The van der Waals surface area contributed by atoms with Gasteiger partial charge in [0.15, 0.2) is 0 Å². The van der Waals surface area contributed by atoms with Crippen molar-refractivity contribution >= 4 is 11.9 Å². The number of nitrogens with zero attached hydrogens (tertiary/aromatic N) is 2. The Labute approximate surface area is 75.9 Å². The third-order valence-electron chi connectivity index (χ3n) is 2.39. The summed E-state index contributed by atoms with van der Waals surface area (Å²) in [6.07, 6.45) is 2.01. The minimum absolute atomic E-state index is 0.126. The van der Waals surface area contributed by atoms with Crippen LogP contribution in [-0.4, -0.2) is 52.6 Å². The summed E-state index contributed by atoms with van der Waals surface area (Å²) in [5.74, 6) is -0.189. The number of imide groups is 1. The molecule has 1 aliphatic carbocycles. The highest BCUT2D eigenvalue weighted by atomic mass is 16.3. The quantitative estimate of drug-likeness (QED) is 0.596. The molecule has 3 amide bonds. The van der Waals surface area contributed by atoms with E-state index in [1.165, 1.54) is 0 Å². The molecule has 1 heterocycles. The molecule has 5 nitrogen and oxygen atoms in total. The van der Waals surface area contributed by atoms with Gasteiger partial charge in [-0.15, -0.1) is 0 Å². The SMILES string of the molecule is O=C1CN(C2CC2)C(=O)N1CCO. The van der Waals surface area contributed by atoms with E-state index >= 15 is 0 Å². The number of rotatable bonds is 3. The first-order chi connectivity index (χ1) is 6.24. The van der Waals surface area contributed by atoms with Gasteiger partial charge < -0.3 is 10.0 Å². The molecule has 2 fully saturated rings. The molecule has 0 unspecified atom stereocenters. The Kier molecular flexibility index (Phi) is 1.95. The van der Waals surface area contributed by atoms with Crippen LogP contribution >= 0.6 is 0 Å². The van der Waals surface area contributed by atoms with Crippen molar-refractivity contribution in [2.45, 2.75) is 18.9 Å². The summed E-state index contributed by atoms with van der Waals surface area (Å²) in [4.78, 5) is 25.5. The van der Waals surface area contributed by atoms with Crippen molar-refractivity contribution in [1.82, 2.24) is 9.80 Å². The summed E-state index contributed by atoms with van der Waals surface area (Å²) in [5, 5.41) is 8.64. The molecule has 1 saturated carbocycles. The van der Waals surface area contributed by atoms with Gasteiger partial charge in [-0.05, 0) is 12.8 Å². The summed E-state index contributed by atoms with van der Waals surface area (Å²) >= 11 is 0. The van der Waals surface area contributed by atoms with Crippen molar-refractivity contribution in [2.75, 3.05) is 19.7 Å². The predicted octanol–water partition coefficient (Wildman–Crippen LogP) is -0.595. The van der Waals surface area contributed by atoms with Gasteiger partial charge in [-0.3, -0.25) is 9.69 Å². The molecule has 0 aromatic carbocycles. The van der Waals surface area contributed by atoms with Crippen LogP contribution in [0.3, 0.4) is 0 Å². The number of aliphatic hydroxyl groups excluding tert-OH is 1. The lowest BCUT2D eigenvalue weighted by atomic mass is 10.5. The van der Waals surface area contributed by atoms with E-state index in [9.17, 15) is 9.59 Å². The Morgan fingerprint density at radius 2 is 2.08 bits per heavy atom. The molecular formula is C8H12N2O3. The van der Waals surface area contributed by atoms with Gasteiger partial charge in [0, 0.05) is 6.04 Å². The summed E-state index contributed by atoms with van der Waals surface area (Å²) in [6.45, 7) is 0.167. The zero-order valence-electron chi connectivity index (χ0n) is 7.27. The molecule has 2 rings (SSSR count). The van der Waals surface area contributed by atoms with Crippen molar-refractivity contribution in [2.24, 2.45) is 0 Å². The number of hydrogen-bond donors (Lipinski definition) is 1. The van der Waals surface area contributed by atoms with Crippen LogP contribution < -0.4 is 0 Å². The van der Waals surface area contributed by atoms with Crippen LogP contribution in [0.2, 0.25) is 0 Å². The third kappa shape index (κ3) is 1.39. The van der Waals surface area contributed by atoms with Crippen molar-refractivity contribution in [3.8, 4) is 0 Å². The minimum Gasteiger partial charge on any atom is -0.395 e. The number of urea groups is 1. The lowest BCUT2D eigenvalue weighted by molar-refractivity contribution is -0.125. The van der Waals surface area contributed by atoms with E-state index in [1.807, 2.05) is 0 Å². The van der Waals surface area contributed by atoms with Crippen LogP contribution in [0.1, 0.15) is 12.8 Å². The fraction of sp³-hybridized carbons (Fsp3) is 0.750. The molecule has 13 heavy (non-hydrogen) atoms. The van der Waals surface area contributed by atoms with E-state index in [0.717, 1.165) is 17.7 Å². The predicted molar refractivity (Wildman–Crippen MR) is 43.9 cm³/mol. The lowest BCUT2D eigenvalue weighted by Crippen LogP contribution is -2.35. The highest BCUT2D eigenvalue weighted by Crippen LogP contribution is 2.29. The van der Waals surface area contributed by atoms with Gasteiger partial charge in [0.1, 0.15) is 6.54 Å². The fourth-order valence-electron chi connectivity index (χ4n) is 1.55. The van der Waals surface area contributed by atoms with Crippen LogP contribution in [0.4, 0.5) is 4.79 Å². The Morgan fingerprint density at radius 3 is 2.62 bits per heavy atom. The van der Waals surface area contributed by atoms with E-state index in [2.05, 4.69) is 0 Å². The third-order valence-corrected chi connectivity index (χ3v) is 2.39. The van der Waals surface area contributed by atoms with Gasteiger partial charge in [0.25, 0.3) is 0 Å². The van der Waals surface area contributed by atoms with Crippen LogP contribution in [0.25, 0.3) is 0 Å². The molecule has 2 aliphatic rings. The number of amides is 3. The molecule has 0 bridgehead atoms. The molecule has 0 spiro atoms. The van der Waals surface area contributed by atoms with Gasteiger partial charge in [-0.1, -0.05) is 0 Å². The zero-order chi connectivity index (χ0) is 9.42. The summed E-state index contributed by atoms with van der Waals surface area (Å²) < 4.78 is 0. The van der Waals surface area contributed by atoms with Crippen LogP contribution in [-0.2, 0) is 4.79 Å². The number of carbonyl (C=O) groups excluding carboxylic acids is 2. The maximum atomic E-state index is 11.5. The molecule has 1 aliphatic heterocycles. The monoisotopic (exact) mass is 184 g/mol. The van der Waals surface area contributed by atoms with Crippen LogP contribution in [0, 0.1) is 0 Å². The molecule has 72 valence electrons. The van der Waals surface area contributed by atoms with E-state index in [4.69, 9.17) is 5.11 Å². The first-order valence-electron chi connectivity index (χ1n) is 4.46. The van der Waals surface area contributed by atoms with E-state index in [0.29, 0.717) is 0 Å². The van der Waals surface area contributed by atoms with Crippen LogP contribution in [0.15, 0.2) is 0 Å². The maximum Gasteiger partial charge on any atom is 0.327 e. The van der Waals surface area contributed by atoms with Crippen molar-refractivity contribution in [3.05, 3.63) is 0 Å². The molecule has 0 atom stereocenters. The second-order valence-corrected chi connectivity index (χ2v) is 3.41. The van der Waals surface area contributed by atoms with E-state index < -0.39 is 0 Å². The summed E-state index contributed by atoms with van der Waals surface area (Å²) in [6, 6.07) is 0.0432. The van der Waals surface area contributed by atoms with Gasteiger partial charge >= 0.3 is 6.03 Å². The van der Waals surface area contributed by atoms with E-state index in [1.54, 1.807) is 4.90 Å². The van der Waals surface area contributed by atoms with Gasteiger partial charge in [0.05, 0.1) is 13.2 Å². The molecule has 5 heteroatoms. The first-order valence-corrected chi connectivity index (χ1v) is 4.46. The number of hydrogen-bond acceptors (Lipinski definition) is 3. The largest absolute Gasteiger partial charge is 0.395 e. The fourth-order valence-corrected chi connectivity index (χ4v) is 1.55. The second kappa shape index (κ2) is 2.99. The Balaban J connectivity index is 2.04. The van der Waals surface area contributed by atoms with Gasteiger partial charge in [-0.2, -0.15) is 0 Å². The van der Waals surface area contributed by atoms with Gasteiger partial charge in [0.2, 0.25) is 5.91 Å². The normalized spacial score (nSPS) is 23.2. The lowest BCUT2D eigenvalue weighted by Gasteiger charge is -2.14. The number of β-amino-alcohol motifs (C(OH)–C–C–N with tert-alkyl or cyclic N) is 1. The average Bonchev–Trinajstić information content (AvgIpc) is 2.88. The molecule has 1 N–H and O–H groups in total. The minimum atomic E-state index is -0.235. The standard InChI is InChI=1S/C8H12N2O3/c11-4-3-9-7(12)5-10(8(9)13)6-1-2-6/h6,11H,1-5H2. The Morgan fingerprint density at radius 1 is 1.38 bits per heavy atom. The molecule has 1 saturated heterocycles. The highest BCUT2D eigenvalue weighted by molar-refractivity contribution is 6.02. The molecule has 0 aromatic rings. The summed E-state index contributed by atoms with van der Waals surface area (Å²) in [5.41, 5.74) is 0. The maximum absolute atomic E-state index is 11.5.